The molecule has 2 fully saturated rings. The first-order chi connectivity index (χ1) is 18.4. The SMILES string of the molecule is CC1Cc2ccc(-c3ccc(C(=O)N4CCCC4)nc3)cc2CN1c1cc(N2CCN(C)CC2)nc(N)n1. The van der Waals surface area contributed by atoms with Gasteiger partial charge in [-0.05, 0) is 62.1 Å². The van der Waals surface area contributed by atoms with Gasteiger partial charge in [0.05, 0.1) is 0 Å². The zero-order valence-electron chi connectivity index (χ0n) is 22.3. The van der Waals surface area contributed by atoms with Gasteiger partial charge in [0.15, 0.2) is 0 Å². The molecule has 0 aliphatic carbocycles. The quantitative estimate of drug-likeness (QED) is 0.570. The Balaban J connectivity index is 1.23. The number of rotatable bonds is 4. The zero-order chi connectivity index (χ0) is 26.2. The number of pyridine rings is 1. The summed E-state index contributed by atoms with van der Waals surface area (Å²) in [6.07, 6.45) is 4.91. The van der Waals surface area contributed by atoms with Crippen LogP contribution in [0.1, 0.15) is 41.4 Å². The summed E-state index contributed by atoms with van der Waals surface area (Å²) in [6, 6.07) is 12.9. The summed E-state index contributed by atoms with van der Waals surface area (Å²) in [7, 11) is 2.15. The van der Waals surface area contributed by atoms with Crippen LogP contribution in [0.4, 0.5) is 17.6 Å². The molecule has 2 N–H and O–H groups in total. The lowest BCUT2D eigenvalue weighted by Gasteiger charge is -2.37. The van der Waals surface area contributed by atoms with Crippen LogP contribution >= 0.6 is 0 Å². The molecule has 1 aromatic carbocycles. The number of carbonyl (C=O) groups excluding carboxylic acids is 1. The van der Waals surface area contributed by atoms with E-state index < -0.39 is 0 Å². The summed E-state index contributed by atoms with van der Waals surface area (Å²) >= 11 is 0. The highest BCUT2D eigenvalue weighted by molar-refractivity contribution is 5.92. The Kier molecular flexibility index (Phi) is 6.61. The van der Waals surface area contributed by atoms with Gasteiger partial charge in [0, 0.05) is 69.7 Å². The monoisotopic (exact) mass is 512 g/mol. The average Bonchev–Trinajstić information content (AvgIpc) is 3.47. The highest BCUT2D eigenvalue weighted by atomic mass is 16.2. The summed E-state index contributed by atoms with van der Waals surface area (Å²) < 4.78 is 0. The van der Waals surface area contributed by atoms with Crippen molar-refractivity contribution >= 4 is 23.5 Å². The van der Waals surface area contributed by atoms with Gasteiger partial charge in [-0.25, -0.2) is 0 Å². The molecule has 0 radical (unpaired) electrons. The lowest BCUT2D eigenvalue weighted by Crippen LogP contribution is -2.45. The molecule has 2 aromatic heterocycles. The van der Waals surface area contributed by atoms with Crippen molar-refractivity contribution in [2.75, 3.05) is 61.8 Å². The highest BCUT2D eigenvalue weighted by Crippen LogP contribution is 2.32. The number of carbonyl (C=O) groups is 1. The van der Waals surface area contributed by atoms with Crippen LogP contribution < -0.4 is 15.5 Å². The number of nitrogens with two attached hydrogens (primary N) is 1. The summed E-state index contributed by atoms with van der Waals surface area (Å²) in [4.78, 5) is 35.3. The first-order valence-electron chi connectivity index (χ1n) is 13.7. The minimum absolute atomic E-state index is 0.0317. The van der Waals surface area contributed by atoms with E-state index in [-0.39, 0.29) is 5.91 Å². The van der Waals surface area contributed by atoms with Crippen molar-refractivity contribution in [2.45, 2.75) is 38.8 Å². The Morgan fingerprint density at radius 1 is 0.895 bits per heavy atom. The fourth-order valence-electron chi connectivity index (χ4n) is 5.78. The van der Waals surface area contributed by atoms with Gasteiger partial charge in [0.1, 0.15) is 17.3 Å². The van der Waals surface area contributed by atoms with Crippen molar-refractivity contribution in [3.8, 4) is 11.1 Å². The molecule has 2 saturated heterocycles. The number of anilines is 3. The third-order valence-electron chi connectivity index (χ3n) is 8.14. The second-order valence-electron chi connectivity index (χ2n) is 10.8. The van der Waals surface area contributed by atoms with E-state index in [9.17, 15) is 4.79 Å². The topological polar surface area (TPSA) is 94.7 Å². The Morgan fingerprint density at radius 3 is 2.37 bits per heavy atom. The van der Waals surface area contributed by atoms with Gasteiger partial charge >= 0.3 is 0 Å². The van der Waals surface area contributed by atoms with Crippen molar-refractivity contribution in [3.63, 3.8) is 0 Å². The highest BCUT2D eigenvalue weighted by Gasteiger charge is 2.27. The summed E-state index contributed by atoms with van der Waals surface area (Å²) in [5.41, 5.74) is 11.5. The molecule has 0 bridgehead atoms. The first kappa shape index (κ1) is 24.6. The van der Waals surface area contributed by atoms with E-state index >= 15 is 0 Å². The number of benzene rings is 1. The molecule has 1 atom stereocenters. The number of aromatic nitrogens is 3. The van der Waals surface area contributed by atoms with Crippen molar-refractivity contribution in [1.82, 2.24) is 24.8 Å². The molecule has 9 nitrogen and oxygen atoms in total. The van der Waals surface area contributed by atoms with Crippen molar-refractivity contribution in [2.24, 2.45) is 0 Å². The van der Waals surface area contributed by atoms with Gasteiger partial charge in [0.2, 0.25) is 5.95 Å². The number of hydrogen-bond donors (Lipinski definition) is 1. The number of piperazine rings is 1. The molecule has 3 aliphatic heterocycles. The van der Waals surface area contributed by atoms with Crippen LogP contribution in [0.5, 0.6) is 0 Å². The van der Waals surface area contributed by atoms with E-state index in [1.807, 2.05) is 23.2 Å². The van der Waals surface area contributed by atoms with E-state index in [0.29, 0.717) is 17.7 Å². The predicted octanol–water partition coefficient (Wildman–Crippen LogP) is 3.06. The number of fused-ring (bicyclic) bond motifs is 1. The predicted molar refractivity (Wildman–Crippen MR) is 150 cm³/mol. The molecule has 5 heterocycles. The molecule has 3 aromatic rings. The van der Waals surface area contributed by atoms with Crippen molar-refractivity contribution in [3.05, 3.63) is 59.4 Å². The second kappa shape index (κ2) is 10.2. The maximum Gasteiger partial charge on any atom is 0.272 e. The Morgan fingerprint density at radius 2 is 1.63 bits per heavy atom. The Hall–Kier alpha value is -3.72. The fourth-order valence-corrected chi connectivity index (χ4v) is 5.78. The number of likely N-dealkylation sites (tertiary alicyclic amines) is 1. The van der Waals surface area contributed by atoms with Crippen LogP contribution in [0.3, 0.4) is 0 Å². The number of hydrogen-bond acceptors (Lipinski definition) is 8. The standard InChI is InChI=1S/C29H36N8O/c1-20-15-21-5-6-22(23-7-8-25(31-18-23)28(38)36-9-3-4-10-36)16-24(21)19-37(20)27-17-26(32-29(30)33-27)35-13-11-34(2)12-14-35/h5-8,16-18,20H,3-4,9-15,19H2,1-2H3,(H2,30,32,33). The number of likely N-dealkylation sites (N-methyl/N-ethyl adjacent to an activating group) is 1. The Labute approximate surface area is 224 Å². The molecule has 1 unspecified atom stereocenters. The van der Waals surface area contributed by atoms with E-state index in [1.165, 1.54) is 11.1 Å². The van der Waals surface area contributed by atoms with Gasteiger partial charge in [-0.3, -0.25) is 9.78 Å². The lowest BCUT2D eigenvalue weighted by atomic mass is 9.92. The van der Waals surface area contributed by atoms with E-state index in [2.05, 4.69) is 67.9 Å². The minimum Gasteiger partial charge on any atom is -0.368 e. The van der Waals surface area contributed by atoms with Crippen LogP contribution in [0.15, 0.2) is 42.6 Å². The largest absolute Gasteiger partial charge is 0.368 e. The summed E-state index contributed by atoms with van der Waals surface area (Å²) in [6.45, 7) is 8.55. The molecular formula is C29H36N8O. The molecule has 0 spiro atoms. The third-order valence-corrected chi connectivity index (χ3v) is 8.14. The summed E-state index contributed by atoms with van der Waals surface area (Å²) in [5.74, 6) is 2.13. The zero-order valence-corrected chi connectivity index (χ0v) is 22.3. The van der Waals surface area contributed by atoms with Gasteiger partial charge < -0.3 is 25.3 Å². The third kappa shape index (κ3) is 4.90. The number of nitrogen functional groups attached to an aromatic ring is 1. The number of nitrogens with zero attached hydrogens (tertiary/aromatic N) is 7. The molecule has 6 rings (SSSR count). The lowest BCUT2D eigenvalue weighted by molar-refractivity contribution is 0.0787. The van der Waals surface area contributed by atoms with Gasteiger partial charge in [0.25, 0.3) is 5.91 Å². The van der Waals surface area contributed by atoms with Crippen LogP contribution in [0.25, 0.3) is 11.1 Å². The fraction of sp³-hybridized carbons (Fsp3) is 0.448. The Bertz CT molecular complexity index is 1310. The van der Waals surface area contributed by atoms with Gasteiger partial charge in [-0.15, -0.1) is 0 Å². The molecule has 38 heavy (non-hydrogen) atoms. The van der Waals surface area contributed by atoms with E-state index in [1.54, 1.807) is 0 Å². The maximum atomic E-state index is 12.7. The first-order valence-corrected chi connectivity index (χ1v) is 13.7. The van der Waals surface area contributed by atoms with Gasteiger partial charge in [-0.2, -0.15) is 9.97 Å². The number of amides is 1. The van der Waals surface area contributed by atoms with E-state index in [4.69, 9.17) is 5.73 Å². The van der Waals surface area contributed by atoms with Crippen LogP contribution in [0.2, 0.25) is 0 Å². The summed E-state index contributed by atoms with van der Waals surface area (Å²) in [5, 5.41) is 0. The molecule has 3 aliphatic rings. The van der Waals surface area contributed by atoms with Crippen LogP contribution in [-0.2, 0) is 13.0 Å². The molecule has 198 valence electrons. The average molecular weight is 513 g/mol. The van der Waals surface area contributed by atoms with E-state index in [0.717, 1.165) is 87.8 Å². The van der Waals surface area contributed by atoms with Crippen LogP contribution in [0, 0.1) is 0 Å². The van der Waals surface area contributed by atoms with Crippen LogP contribution in [-0.4, -0.2) is 83.0 Å². The normalized spacial score (nSPS) is 20.1. The molecule has 1 amide bonds. The van der Waals surface area contributed by atoms with Gasteiger partial charge in [-0.1, -0.05) is 18.2 Å². The van der Waals surface area contributed by atoms with Crippen molar-refractivity contribution < 1.29 is 4.79 Å². The molecular weight excluding hydrogens is 476 g/mol. The maximum absolute atomic E-state index is 12.7. The molecule has 0 saturated carbocycles. The van der Waals surface area contributed by atoms with Crippen molar-refractivity contribution in [1.29, 1.82) is 0 Å². The smallest absolute Gasteiger partial charge is 0.272 e. The molecule has 9 heteroatoms. The second-order valence-corrected chi connectivity index (χ2v) is 10.8. The minimum atomic E-state index is 0.0317.